The SMILES string of the molecule is O=c1c2cc(I)ccc2nc(-c2ccccc2)n1-c1nnc(SCC2CO2)s1. The second-order valence-corrected chi connectivity index (χ2v) is 9.69. The molecule has 1 aliphatic rings. The maximum absolute atomic E-state index is 13.4. The number of aromatic nitrogens is 4. The summed E-state index contributed by atoms with van der Waals surface area (Å²) in [5, 5.41) is 9.64. The van der Waals surface area contributed by atoms with Gasteiger partial charge in [-0.05, 0) is 40.8 Å². The van der Waals surface area contributed by atoms with Gasteiger partial charge in [-0.2, -0.15) is 0 Å². The zero-order valence-corrected chi connectivity index (χ0v) is 18.2. The van der Waals surface area contributed by atoms with Gasteiger partial charge in [-0.25, -0.2) is 9.55 Å². The van der Waals surface area contributed by atoms with Crippen molar-refractivity contribution in [2.75, 3.05) is 12.4 Å². The second kappa shape index (κ2) is 7.54. The molecule has 2 aromatic heterocycles. The lowest BCUT2D eigenvalue weighted by molar-refractivity contribution is 0.426. The van der Waals surface area contributed by atoms with Gasteiger partial charge in [0.25, 0.3) is 5.56 Å². The molecule has 5 rings (SSSR count). The summed E-state index contributed by atoms with van der Waals surface area (Å²) in [5.74, 6) is 1.42. The predicted molar refractivity (Wildman–Crippen MR) is 119 cm³/mol. The van der Waals surface area contributed by atoms with Crippen LogP contribution in [0.15, 0.2) is 57.7 Å². The molecule has 6 nitrogen and oxygen atoms in total. The largest absolute Gasteiger partial charge is 0.372 e. The van der Waals surface area contributed by atoms with E-state index in [0.717, 1.165) is 25.8 Å². The van der Waals surface area contributed by atoms with Crippen LogP contribution in [0.2, 0.25) is 0 Å². The Bertz CT molecular complexity index is 1220. The number of rotatable bonds is 5. The Morgan fingerprint density at radius 1 is 1.21 bits per heavy atom. The first-order valence-electron chi connectivity index (χ1n) is 8.55. The minimum atomic E-state index is -0.138. The number of nitrogens with zero attached hydrogens (tertiary/aromatic N) is 4. The van der Waals surface area contributed by atoms with Gasteiger partial charge in [-0.1, -0.05) is 53.4 Å². The number of benzene rings is 2. The Kier molecular flexibility index (Phi) is 4.91. The highest BCUT2D eigenvalue weighted by Gasteiger charge is 2.24. The van der Waals surface area contributed by atoms with Crippen molar-refractivity contribution in [2.24, 2.45) is 0 Å². The van der Waals surface area contributed by atoms with Gasteiger partial charge in [0.15, 0.2) is 4.34 Å². The molecule has 0 amide bonds. The van der Waals surface area contributed by atoms with E-state index in [9.17, 15) is 4.79 Å². The predicted octanol–water partition coefficient (Wildman–Crippen LogP) is 4.00. The highest BCUT2D eigenvalue weighted by atomic mass is 127. The molecule has 28 heavy (non-hydrogen) atoms. The topological polar surface area (TPSA) is 73.2 Å². The number of thioether (sulfide) groups is 1. The molecule has 0 spiro atoms. The first kappa shape index (κ1) is 18.2. The molecule has 1 aliphatic heterocycles. The molecule has 0 radical (unpaired) electrons. The summed E-state index contributed by atoms with van der Waals surface area (Å²) < 4.78 is 8.62. The van der Waals surface area contributed by atoms with Crippen LogP contribution in [0.4, 0.5) is 0 Å². The zero-order chi connectivity index (χ0) is 19.1. The monoisotopic (exact) mass is 520 g/mol. The van der Waals surface area contributed by atoms with Gasteiger partial charge >= 0.3 is 0 Å². The average Bonchev–Trinajstić information content (AvgIpc) is 3.44. The number of epoxide rings is 1. The van der Waals surface area contributed by atoms with E-state index in [1.54, 1.807) is 16.3 Å². The van der Waals surface area contributed by atoms with E-state index in [1.165, 1.54) is 11.3 Å². The third-order valence-corrected chi connectivity index (χ3v) is 7.09. The van der Waals surface area contributed by atoms with Gasteiger partial charge in [0, 0.05) is 14.9 Å². The quantitative estimate of drug-likeness (QED) is 0.225. The third kappa shape index (κ3) is 3.59. The average molecular weight is 520 g/mol. The normalized spacial score (nSPS) is 15.8. The molecule has 0 bridgehead atoms. The van der Waals surface area contributed by atoms with Crippen molar-refractivity contribution >= 4 is 56.6 Å². The number of hydrogen-bond acceptors (Lipinski definition) is 7. The van der Waals surface area contributed by atoms with Crippen LogP contribution in [0.25, 0.3) is 27.4 Å². The van der Waals surface area contributed by atoms with Crippen molar-refractivity contribution < 1.29 is 4.74 Å². The Labute approximate surface area is 182 Å². The Hall–Kier alpha value is -1.82. The Balaban J connectivity index is 1.69. The highest BCUT2D eigenvalue weighted by Crippen LogP contribution is 2.30. The van der Waals surface area contributed by atoms with E-state index in [4.69, 9.17) is 9.72 Å². The maximum atomic E-state index is 13.4. The molecule has 3 heterocycles. The maximum Gasteiger partial charge on any atom is 0.268 e. The van der Waals surface area contributed by atoms with Gasteiger partial charge in [0.05, 0.1) is 23.6 Å². The molecule has 1 saturated heterocycles. The summed E-state index contributed by atoms with van der Waals surface area (Å²) in [5.41, 5.74) is 1.39. The minimum Gasteiger partial charge on any atom is -0.372 e. The van der Waals surface area contributed by atoms with E-state index < -0.39 is 0 Å². The molecule has 140 valence electrons. The number of fused-ring (bicyclic) bond motifs is 1. The summed E-state index contributed by atoms with van der Waals surface area (Å²) in [4.78, 5) is 18.2. The van der Waals surface area contributed by atoms with Gasteiger partial charge in [0.2, 0.25) is 5.13 Å². The van der Waals surface area contributed by atoms with E-state index in [1.807, 2.05) is 48.5 Å². The lowest BCUT2D eigenvalue weighted by Crippen LogP contribution is -2.22. The Morgan fingerprint density at radius 2 is 2.04 bits per heavy atom. The highest BCUT2D eigenvalue weighted by molar-refractivity contribution is 14.1. The fraction of sp³-hybridized carbons (Fsp3) is 0.158. The molecule has 0 saturated carbocycles. The molecule has 4 aromatic rings. The van der Waals surface area contributed by atoms with E-state index in [0.29, 0.717) is 28.0 Å². The molecule has 2 aromatic carbocycles. The van der Waals surface area contributed by atoms with Crippen molar-refractivity contribution in [1.82, 2.24) is 19.7 Å². The van der Waals surface area contributed by atoms with E-state index >= 15 is 0 Å². The lowest BCUT2D eigenvalue weighted by atomic mass is 10.2. The fourth-order valence-corrected chi connectivity index (χ4v) is 5.15. The van der Waals surface area contributed by atoms with Gasteiger partial charge in [-0.15, -0.1) is 10.2 Å². The van der Waals surface area contributed by atoms with Gasteiger partial charge in [0.1, 0.15) is 5.82 Å². The number of halogens is 1. The van der Waals surface area contributed by atoms with Crippen LogP contribution in [0.5, 0.6) is 0 Å². The van der Waals surface area contributed by atoms with Crippen LogP contribution in [0, 0.1) is 3.57 Å². The van der Waals surface area contributed by atoms with E-state index in [2.05, 4.69) is 32.8 Å². The Morgan fingerprint density at radius 3 is 2.82 bits per heavy atom. The molecule has 1 fully saturated rings. The zero-order valence-electron chi connectivity index (χ0n) is 14.4. The molecule has 1 atom stereocenters. The smallest absolute Gasteiger partial charge is 0.268 e. The first-order valence-corrected chi connectivity index (χ1v) is 11.4. The summed E-state index contributed by atoms with van der Waals surface area (Å²) in [6.07, 6.45) is 0.310. The summed E-state index contributed by atoms with van der Waals surface area (Å²) in [7, 11) is 0. The summed E-state index contributed by atoms with van der Waals surface area (Å²) in [6, 6.07) is 15.4. The molecule has 9 heteroatoms. The number of hydrogen-bond donors (Lipinski definition) is 0. The number of ether oxygens (including phenoxy) is 1. The van der Waals surface area contributed by atoms with Crippen LogP contribution in [-0.2, 0) is 4.74 Å². The van der Waals surface area contributed by atoms with Crippen molar-refractivity contribution in [2.45, 2.75) is 10.4 Å². The van der Waals surface area contributed by atoms with Crippen LogP contribution >= 0.6 is 45.7 Å². The van der Waals surface area contributed by atoms with Crippen LogP contribution in [0.3, 0.4) is 0 Å². The summed E-state index contributed by atoms with van der Waals surface area (Å²) >= 11 is 5.20. The van der Waals surface area contributed by atoms with Crippen molar-refractivity contribution in [3.05, 3.63) is 62.5 Å². The van der Waals surface area contributed by atoms with Crippen molar-refractivity contribution in [3.63, 3.8) is 0 Å². The summed E-state index contributed by atoms with van der Waals surface area (Å²) in [6.45, 7) is 0.809. The molecule has 1 unspecified atom stereocenters. The molecule has 0 aliphatic carbocycles. The van der Waals surface area contributed by atoms with Crippen LogP contribution < -0.4 is 5.56 Å². The molecule has 0 N–H and O–H groups in total. The van der Waals surface area contributed by atoms with Crippen molar-refractivity contribution in [1.29, 1.82) is 0 Å². The van der Waals surface area contributed by atoms with Crippen molar-refractivity contribution in [3.8, 4) is 16.5 Å². The van der Waals surface area contributed by atoms with Gasteiger partial charge in [-0.3, -0.25) is 4.79 Å². The van der Waals surface area contributed by atoms with Crippen LogP contribution in [0.1, 0.15) is 0 Å². The lowest BCUT2D eigenvalue weighted by Gasteiger charge is -2.11. The first-order chi connectivity index (χ1) is 13.7. The van der Waals surface area contributed by atoms with E-state index in [-0.39, 0.29) is 5.56 Å². The van der Waals surface area contributed by atoms with Crippen LogP contribution in [-0.4, -0.2) is 38.2 Å². The molecular formula is C19H13IN4O2S2. The fourth-order valence-electron chi connectivity index (χ4n) is 2.80. The minimum absolute atomic E-state index is 0.138. The third-order valence-electron chi connectivity index (χ3n) is 4.24. The molecular weight excluding hydrogens is 507 g/mol. The van der Waals surface area contributed by atoms with Gasteiger partial charge < -0.3 is 4.74 Å². The second-order valence-electron chi connectivity index (χ2n) is 6.22. The standard InChI is InChI=1S/C19H13IN4O2S2/c20-12-6-7-15-14(8-12)17(25)24(16(21-15)11-4-2-1-3-5-11)18-22-23-19(28-18)27-10-13-9-26-13/h1-8,13H,9-10H2.